The molecule has 0 aromatic heterocycles. The quantitative estimate of drug-likeness (QED) is 0.898. The molecule has 2 aliphatic heterocycles. The maximum absolute atomic E-state index is 12.3. The topological polar surface area (TPSA) is 58.6 Å². The van der Waals surface area contributed by atoms with Gasteiger partial charge in [0.15, 0.2) is 0 Å². The fraction of sp³-hybridized carbons (Fsp3) is 0.556. The molecule has 1 aromatic carbocycles. The highest BCUT2D eigenvalue weighted by Gasteiger charge is 2.35. The molecule has 0 spiro atoms. The molecular formula is C18H24N2O3. The number of carbonyl (C=O) groups is 2. The van der Waals surface area contributed by atoms with Crippen molar-refractivity contribution < 1.29 is 14.3 Å². The lowest BCUT2D eigenvalue weighted by Gasteiger charge is -2.20. The van der Waals surface area contributed by atoms with Gasteiger partial charge in [0.05, 0.1) is 12.0 Å². The number of amides is 2. The van der Waals surface area contributed by atoms with Crippen LogP contribution in [0.3, 0.4) is 0 Å². The minimum absolute atomic E-state index is 0.0311. The first kappa shape index (κ1) is 16.0. The van der Waals surface area contributed by atoms with Crippen LogP contribution in [-0.4, -0.2) is 42.5 Å². The number of likely N-dealkylation sites (tertiary alicyclic amines) is 1. The van der Waals surface area contributed by atoms with Gasteiger partial charge in [-0.3, -0.25) is 9.59 Å². The summed E-state index contributed by atoms with van der Waals surface area (Å²) in [6, 6.07) is 8.00. The summed E-state index contributed by atoms with van der Waals surface area (Å²) in [5.74, 6) is -0.207. The molecule has 2 amide bonds. The average Bonchev–Trinajstić information content (AvgIpc) is 3.17. The summed E-state index contributed by atoms with van der Waals surface area (Å²) in [5, 5.41) is 2.97. The third-order valence-corrected chi connectivity index (χ3v) is 4.75. The van der Waals surface area contributed by atoms with E-state index in [1.807, 2.05) is 31.2 Å². The highest BCUT2D eigenvalue weighted by molar-refractivity contribution is 5.89. The molecule has 1 N–H and O–H groups in total. The summed E-state index contributed by atoms with van der Waals surface area (Å²) in [4.78, 5) is 26.2. The molecule has 0 aliphatic carbocycles. The standard InChI is InChI=1S/C18H24N2O3/c1-13-5-2-3-6-14(13)10-19-18(22)15-9-17(21)20(11-15)12-16-7-4-8-23-16/h2-3,5-6,15-16H,4,7-12H2,1H3,(H,19,22). The van der Waals surface area contributed by atoms with E-state index in [1.165, 1.54) is 0 Å². The number of aryl methyl sites for hydroxylation is 1. The number of hydrogen-bond donors (Lipinski definition) is 1. The van der Waals surface area contributed by atoms with Crippen molar-refractivity contribution in [3.63, 3.8) is 0 Å². The number of rotatable bonds is 5. The van der Waals surface area contributed by atoms with E-state index >= 15 is 0 Å². The summed E-state index contributed by atoms with van der Waals surface area (Å²) < 4.78 is 5.58. The van der Waals surface area contributed by atoms with Gasteiger partial charge < -0.3 is 15.0 Å². The number of ether oxygens (including phenoxy) is 1. The smallest absolute Gasteiger partial charge is 0.225 e. The fourth-order valence-corrected chi connectivity index (χ4v) is 3.29. The van der Waals surface area contributed by atoms with Gasteiger partial charge in [-0.05, 0) is 30.9 Å². The van der Waals surface area contributed by atoms with E-state index in [0.717, 1.165) is 30.6 Å². The predicted molar refractivity (Wildman–Crippen MR) is 86.7 cm³/mol. The lowest BCUT2D eigenvalue weighted by Crippen LogP contribution is -2.35. The second-order valence-corrected chi connectivity index (χ2v) is 6.48. The zero-order valence-corrected chi connectivity index (χ0v) is 13.6. The molecule has 2 saturated heterocycles. The van der Waals surface area contributed by atoms with Crippen LogP contribution in [-0.2, 0) is 20.9 Å². The van der Waals surface area contributed by atoms with Crippen LogP contribution in [0.5, 0.6) is 0 Å². The fourth-order valence-electron chi connectivity index (χ4n) is 3.29. The Kier molecular flexibility index (Phi) is 4.96. The Hall–Kier alpha value is -1.88. The molecule has 0 saturated carbocycles. The molecule has 2 heterocycles. The number of hydrogen-bond acceptors (Lipinski definition) is 3. The van der Waals surface area contributed by atoms with Gasteiger partial charge in [-0.25, -0.2) is 0 Å². The van der Waals surface area contributed by atoms with E-state index in [1.54, 1.807) is 4.90 Å². The largest absolute Gasteiger partial charge is 0.376 e. The lowest BCUT2D eigenvalue weighted by atomic mass is 10.1. The molecule has 1 aromatic rings. The zero-order chi connectivity index (χ0) is 16.2. The number of carbonyl (C=O) groups excluding carboxylic acids is 2. The number of benzene rings is 1. The molecule has 23 heavy (non-hydrogen) atoms. The second-order valence-electron chi connectivity index (χ2n) is 6.48. The van der Waals surface area contributed by atoms with Gasteiger partial charge in [0.2, 0.25) is 11.8 Å². The van der Waals surface area contributed by atoms with Crippen molar-refractivity contribution in [1.82, 2.24) is 10.2 Å². The highest BCUT2D eigenvalue weighted by atomic mass is 16.5. The van der Waals surface area contributed by atoms with E-state index in [0.29, 0.717) is 26.1 Å². The van der Waals surface area contributed by atoms with Gasteiger partial charge in [-0.2, -0.15) is 0 Å². The Balaban J connectivity index is 1.50. The predicted octanol–water partition coefficient (Wildman–Crippen LogP) is 1.64. The first-order valence-electron chi connectivity index (χ1n) is 8.35. The maximum Gasteiger partial charge on any atom is 0.225 e. The van der Waals surface area contributed by atoms with Crippen LogP contribution < -0.4 is 5.32 Å². The monoisotopic (exact) mass is 316 g/mol. The summed E-state index contributed by atoms with van der Waals surface area (Å²) in [7, 11) is 0. The normalized spacial score (nSPS) is 24.2. The Labute approximate surface area is 137 Å². The van der Waals surface area contributed by atoms with Crippen molar-refractivity contribution in [2.75, 3.05) is 19.7 Å². The molecule has 5 nitrogen and oxygen atoms in total. The first-order valence-corrected chi connectivity index (χ1v) is 8.35. The molecule has 3 rings (SSSR count). The molecule has 2 aliphatic rings. The van der Waals surface area contributed by atoms with Gasteiger partial charge in [0.1, 0.15) is 0 Å². The molecule has 0 radical (unpaired) electrons. The van der Waals surface area contributed by atoms with E-state index in [2.05, 4.69) is 5.32 Å². The van der Waals surface area contributed by atoms with Crippen molar-refractivity contribution in [3.8, 4) is 0 Å². The summed E-state index contributed by atoms with van der Waals surface area (Å²) in [6.07, 6.45) is 2.53. The summed E-state index contributed by atoms with van der Waals surface area (Å²) >= 11 is 0. The van der Waals surface area contributed by atoms with Crippen LogP contribution in [0.4, 0.5) is 0 Å². The van der Waals surface area contributed by atoms with Gasteiger partial charge in [-0.1, -0.05) is 24.3 Å². The van der Waals surface area contributed by atoms with Gasteiger partial charge in [0, 0.05) is 32.7 Å². The Morgan fingerprint density at radius 3 is 2.96 bits per heavy atom. The summed E-state index contributed by atoms with van der Waals surface area (Å²) in [6.45, 7) is 4.47. The Morgan fingerprint density at radius 2 is 2.22 bits per heavy atom. The van der Waals surface area contributed by atoms with Crippen molar-refractivity contribution in [1.29, 1.82) is 0 Å². The molecule has 2 fully saturated rings. The average molecular weight is 316 g/mol. The number of nitrogens with one attached hydrogen (secondary N) is 1. The van der Waals surface area contributed by atoms with Crippen LogP contribution in [0.25, 0.3) is 0 Å². The summed E-state index contributed by atoms with van der Waals surface area (Å²) in [5.41, 5.74) is 2.27. The van der Waals surface area contributed by atoms with Crippen molar-refractivity contribution in [2.45, 2.75) is 38.8 Å². The van der Waals surface area contributed by atoms with Crippen molar-refractivity contribution in [2.24, 2.45) is 5.92 Å². The van der Waals surface area contributed by atoms with Gasteiger partial charge >= 0.3 is 0 Å². The third kappa shape index (κ3) is 3.91. The molecular weight excluding hydrogens is 292 g/mol. The molecule has 124 valence electrons. The minimum Gasteiger partial charge on any atom is -0.376 e. The van der Waals surface area contributed by atoms with Crippen molar-refractivity contribution >= 4 is 11.8 Å². The van der Waals surface area contributed by atoms with Crippen LogP contribution in [0.15, 0.2) is 24.3 Å². The highest BCUT2D eigenvalue weighted by Crippen LogP contribution is 2.21. The van der Waals surface area contributed by atoms with E-state index in [-0.39, 0.29) is 23.8 Å². The SMILES string of the molecule is Cc1ccccc1CNC(=O)C1CC(=O)N(CC2CCCO2)C1. The molecule has 0 bridgehead atoms. The maximum atomic E-state index is 12.3. The molecule has 5 heteroatoms. The van der Waals surface area contributed by atoms with Crippen LogP contribution in [0.1, 0.15) is 30.4 Å². The first-order chi connectivity index (χ1) is 11.1. The Morgan fingerprint density at radius 1 is 1.39 bits per heavy atom. The van der Waals surface area contributed by atoms with Gasteiger partial charge in [0.25, 0.3) is 0 Å². The van der Waals surface area contributed by atoms with Gasteiger partial charge in [-0.15, -0.1) is 0 Å². The molecule has 2 unspecified atom stereocenters. The zero-order valence-electron chi connectivity index (χ0n) is 13.6. The second kappa shape index (κ2) is 7.13. The van der Waals surface area contributed by atoms with E-state index < -0.39 is 0 Å². The van der Waals surface area contributed by atoms with Crippen molar-refractivity contribution in [3.05, 3.63) is 35.4 Å². The van der Waals surface area contributed by atoms with E-state index in [4.69, 9.17) is 4.74 Å². The molecule has 2 atom stereocenters. The van der Waals surface area contributed by atoms with Crippen LogP contribution >= 0.6 is 0 Å². The minimum atomic E-state index is -0.243. The van der Waals surface area contributed by atoms with E-state index in [9.17, 15) is 9.59 Å². The lowest BCUT2D eigenvalue weighted by molar-refractivity contribution is -0.129. The Bertz CT molecular complexity index is 581. The third-order valence-electron chi connectivity index (χ3n) is 4.75. The van der Waals surface area contributed by atoms with Crippen LogP contribution in [0.2, 0.25) is 0 Å². The van der Waals surface area contributed by atoms with Crippen LogP contribution in [0, 0.1) is 12.8 Å². The number of nitrogens with zero attached hydrogens (tertiary/aromatic N) is 1.